The second-order valence-corrected chi connectivity index (χ2v) is 10.2. The summed E-state index contributed by atoms with van der Waals surface area (Å²) in [6.45, 7) is 10.7. The number of aliphatic hydroxyl groups excluding tert-OH is 1. The van der Waals surface area contributed by atoms with Crippen LogP contribution in [0.1, 0.15) is 43.7 Å². The van der Waals surface area contributed by atoms with Gasteiger partial charge < -0.3 is 19.6 Å². The fourth-order valence-electron chi connectivity index (χ4n) is 5.94. The second-order valence-electron chi connectivity index (χ2n) is 10.2. The van der Waals surface area contributed by atoms with E-state index in [1.165, 1.54) is 5.56 Å². The van der Waals surface area contributed by atoms with Crippen LogP contribution in [0.2, 0.25) is 0 Å². The fraction of sp³-hybridized carbons (Fsp3) is 0.731. The van der Waals surface area contributed by atoms with Crippen molar-refractivity contribution >= 4 is 5.91 Å². The average molecular weight is 444 g/mol. The number of carbonyl (C=O) groups excluding carboxylic acids is 1. The van der Waals surface area contributed by atoms with E-state index in [4.69, 9.17) is 4.74 Å². The van der Waals surface area contributed by atoms with E-state index in [0.29, 0.717) is 24.9 Å². The highest BCUT2D eigenvalue weighted by atomic mass is 16.5. The number of aryl methyl sites for hydroxylation is 2. The Morgan fingerprint density at radius 2 is 1.84 bits per heavy atom. The maximum absolute atomic E-state index is 12.9. The molecule has 1 aliphatic carbocycles. The Morgan fingerprint density at radius 3 is 2.53 bits per heavy atom. The number of hydrogen-bond donors (Lipinski definition) is 1. The van der Waals surface area contributed by atoms with Gasteiger partial charge >= 0.3 is 0 Å². The van der Waals surface area contributed by atoms with Gasteiger partial charge in [-0.3, -0.25) is 9.69 Å². The lowest BCUT2D eigenvalue weighted by molar-refractivity contribution is -0.130. The monoisotopic (exact) mass is 443 g/mol. The number of aliphatic hydroxyl groups is 1. The van der Waals surface area contributed by atoms with Crippen molar-refractivity contribution in [1.82, 2.24) is 14.7 Å². The van der Waals surface area contributed by atoms with E-state index in [1.54, 1.807) is 0 Å². The third kappa shape index (κ3) is 5.46. The van der Waals surface area contributed by atoms with Crippen LogP contribution in [0.4, 0.5) is 0 Å². The van der Waals surface area contributed by atoms with Crippen LogP contribution in [0, 0.1) is 18.8 Å². The first-order valence-corrected chi connectivity index (χ1v) is 12.5. The number of benzene rings is 1. The van der Waals surface area contributed by atoms with Gasteiger partial charge in [0.05, 0.1) is 12.7 Å². The van der Waals surface area contributed by atoms with Gasteiger partial charge in [0.25, 0.3) is 0 Å². The van der Waals surface area contributed by atoms with E-state index in [2.05, 4.69) is 40.8 Å². The lowest BCUT2D eigenvalue weighted by atomic mass is 9.77. The zero-order valence-corrected chi connectivity index (χ0v) is 20.1. The SMILES string of the molecule is CCOc1ccc(CCCC(=O)N2C[C@H]3C[C@@H](N4CCN(C)CC4)[C@H](O)C[C@H]3C2)cc1C. The van der Waals surface area contributed by atoms with Gasteiger partial charge in [0, 0.05) is 51.7 Å². The topological polar surface area (TPSA) is 56.2 Å². The molecule has 6 nitrogen and oxygen atoms in total. The predicted molar refractivity (Wildman–Crippen MR) is 127 cm³/mol. The first kappa shape index (κ1) is 23.5. The number of likely N-dealkylation sites (tertiary alicyclic amines) is 1. The van der Waals surface area contributed by atoms with Crippen molar-refractivity contribution in [3.05, 3.63) is 29.3 Å². The lowest BCUT2D eigenvalue weighted by Gasteiger charge is -2.44. The van der Waals surface area contributed by atoms with E-state index < -0.39 is 0 Å². The van der Waals surface area contributed by atoms with Crippen LogP contribution in [0.3, 0.4) is 0 Å². The molecule has 32 heavy (non-hydrogen) atoms. The van der Waals surface area contributed by atoms with Crippen LogP contribution in [-0.2, 0) is 11.2 Å². The molecule has 0 spiro atoms. The van der Waals surface area contributed by atoms with E-state index in [-0.39, 0.29) is 18.1 Å². The van der Waals surface area contributed by atoms with Crippen LogP contribution < -0.4 is 4.74 Å². The van der Waals surface area contributed by atoms with Crippen LogP contribution in [0.25, 0.3) is 0 Å². The van der Waals surface area contributed by atoms with Crippen molar-refractivity contribution < 1.29 is 14.6 Å². The molecule has 4 rings (SSSR count). The highest BCUT2D eigenvalue weighted by Gasteiger charge is 2.44. The highest BCUT2D eigenvalue weighted by molar-refractivity contribution is 5.76. The molecule has 2 aliphatic heterocycles. The zero-order chi connectivity index (χ0) is 22.7. The summed E-state index contributed by atoms with van der Waals surface area (Å²) >= 11 is 0. The van der Waals surface area contributed by atoms with E-state index >= 15 is 0 Å². The first-order valence-electron chi connectivity index (χ1n) is 12.5. The van der Waals surface area contributed by atoms with Crippen molar-refractivity contribution in [3.8, 4) is 5.75 Å². The lowest BCUT2D eigenvalue weighted by Crippen LogP contribution is -2.55. The number of carbonyl (C=O) groups is 1. The molecular weight excluding hydrogens is 402 g/mol. The fourth-order valence-corrected chi connectivity index (χ4v) is 5.94. The maximum Gasteiger partial charge on any atom is 0.222 e. The number of amides is 1. The van der Waals surface area contributed by atoms with Gasteiger partial charge in [-0.05, 0) is 75.6 Å². The second kappa shape index (κ2) is 10.5. The van der Waals surface area contributed by atoms with Gasteiger partial charge in [-0.25, -0.2) is 0 Å². The van der Waals surface area contributed by atoms with Gasteiger partial charge in [-0.1, -0.05) is 12.1 Å². The smallest absolute Gasteiger partial charge is 0.222 e. The molecule has 2 heterocycles. The molecule has 3 aliphatic rings. The molecule has 0 unspecified atom stereocenters. The molecule has 0 bridgehead atoms. The summed E-state index contributed by atoms with van der Waals surface area (Å²) in [5.74, 6) is 2.24. The molecule has 3 fully saturated rings. The molecular formula is C26H41N3O3. The molecule has 2 saturated heterocycles. The summed E-state index contributed by atoms with van der Waals surface area (Å²) in [5.41, 5.74) is 2.43. The number of nitrogens with zero attached hydrogens (tertiary/aromatic N) is 3. The number of rotatable bonds is 7. The van der Waals surface area contributed by atoms with Crippen molar-refractivity contribution in [1.29, 1.82) is 0 Å². The molecule has 1 amide bonds. The molecule has 1 N–H and O–H groups in total. The molecule has 6 heteroatoms. The van der Waals surface area contributed by atoms with E-state index in [1.807, 2.05) is 13.0 Å². The third-order valence-corrected chi connectivity index (χ3v) is 7.86. The van der Waals surface area contributed by atoms with Crippen molar-refractivity contribution in [2.75, 3.05) is 52.9 Å². The molecule has 0 radical (unpaired) electrons. The standard InChI is InChI=1S/C26H41N3O3/c1-4-32-25-9-8-20(14-19(25)2)6-5-7-26(31)29-17-21-15-23(24(30)16-22(21)18-29)28-12-10-27(3)11-13-28/h8-9,14,21-24,30H,4-7,10-13,15-18H2,1-3H3/t21-,22+,23-,24-/m1/s1. The molecule has 4 atom stereocenters. The number of fused-ring (bicyclic) bond motifs is 1. The minimum Gasteiger partial charge on any atom is -0.494 e. The predicted octanol–water partition coefficient (Wildman–Crippen LogP) is 2.56. The number of likely N-dealkylation sites (N-methyl/N-ethyl adjacent to an activating group) is 1. The van der Waals surface area contributed by atoms with Gasteiger partial charge in [-0.15, -0.1) is 0 Å². The van der Waals surface area contributed by atoms with E-state index in [0.717, 1.165) is 76.3 Å². The largest absolute Gasteiger partial charge is 0.494 e. The van der Waals surface area contributed by atoms with Crippen molar-refractivity contribution in [3.63, 3.8) is 0 Å². The third-order valence-electron chi connectivity index (χ3n) is 7.86. The summed E-state index contributed by atoms with van der Waals surface area (Å²) in [4.78, 5) is 19.8. The Balaban J connectivity index is 1.24. The number of ether oxygens (including phenoxy) is 1. The summed E-state index contributed by atoms with van der Waals surface area (Å²) in [6.07, 6.45) is 4.03. The van der Waals surface area contributed by atoms with Crippen LogP contribution in [0.15, 0.2) is 18.2 Å². The average Bonchev–Trinajstić information content (AvgIpc) is 3.19. The Labute approximate surface area is 193 Å². The molecule has 1 aromatic carbocycles. The number of piperazine rings is 1. The molecule has 178 valence electrons. The Hall–Kier alpha value is -1.63. The van der Waals surface area contributed by atoms with Crippen molar-refractivity contribution in [2.45, 2.75) is 58.1 Å². The van der Waals surface area contributed by atoms with Gasteiger partial charge in [0.15, 0.2) is 0 Å². The summed E-state index contributed by atoms with van der Waals surface area (Å²) < 4.78 is 5.62. The van der Waals surface area contributed by atoms with Gasteiger partial charge in [0.1, 0.15) is 5.75 Å². The number of hydrogen-bond acceptors (Lipinski definition) is 5. The van der Waals surface area contributed by atoms with Gasteiger partial charge in [0.2, 0.25) is 5.91 Å². The quantitative estimate of drug-likeness (QED) is 0.702. The Kier molecular flexibility index (Phi) is 7.74. The van der Waals surface area contributed by atoms with Crippen LogP contribution >= 0.6 is 0 Å². The van der Waals surface area contributed by atoms with Crippen LogP contribution in [0.5, 0.6) is 5.75 Å². The zero-order valence-electron chi connectivity index (χ0n) is 20.1. The molecule has 1 saturated carbocycles. The minimum atomic E-state index is -0.252. The maximum atomic E-state index is 12.9. The Bertz CT molecular complexity index is 778. The van der Waals surface area contributed by atoms with Crippen LogP contribution in [-0.4, -0.2) is 90.8 Å². The van der Waals surface area contributed by atoms with Crippen molar-refractivity contribution in [2.24, 2.45) is 11.8 Å². The summed E-state index contributed by atoms with van der Waals surface area (Å²) in [5, 5.41) is 10.8. The van der Waals surface area contributed by atoms with Gasteiger partial charge in [-0.2, -0.15) is 0 Å². The molecule has 1 aromatic rings. The first-order chi connectivity index (χ1) is 15.4. The van der Waals surface area contributed by atoms with E-state index in [9.17, 15) is 9.90 Å². The highest BCUT2D eigenvalue weighted by Crippen LogP contribution is 2.38. The molecule has 0 aromatic heterocycles. The summed E-state index contributed by atoms with van der Waals surface area (Å²) in [6, 6.07) is 6.61. The summed E-state index contributed by atoms with van der Waals surface area (Å²) in [7, 11) is 2.17. The minimum absolute atomic E-state index is 0.252. The Morgan fingerprint density at radius 1 is 1.12 bits per heavy atom. The normalized spacial score (nSPS) is 29.2.